The fourth-order valence-electron chi connectivity index (χ4n) is 3.36. The molecule has 0 heterocycles. The van der Waals surface area contributed by atoms with Gasteiger partial charge in [-0.1, -0.05) is 24.6 Å². The summed E-state index contributed by atoms with van der Waals surface area (Å²) in [5.74, 6) is 0. The molecule has 0 amide bonds. The summed E-state index contributed by atoms with van der Waals surface area (Å²) in [6, 6.07) is 6.83. The molecule has 98 valence electrons. The number of hydrogen-bond donors (Lipinski definition) is 1. The van der Waals surface area contributed by atoms with Gasteiger partial charge >= 0.3 is 0 Å². The summed E-state index contributed by atoms with van der Waals surface area (Å²) in [5.41, 5.74) is 4.37. The van der Waals surface area contributed by atoms with Gasteiger partial charge in [-0.05, 0) is 61.5 Å². The Bertz CT molecular complexity index is 431. The molecule has 1 nitrogen and oxygen atoms in total. The predicted octanol–water partition coefficient (Wildman–Crippen LogP) is 3.36. The van der Waals surface area contributed by atoms with E-state index in [4.69, 9.17) is 0 Å². The molecule has 18 heavy (non-hydrogen) atoms. The van der Waals surface area contributed by atoms with Crippen LogP contribution >= 0.6 is 11.8 Å². The summed E-state index contributed by atoms with van der Waals surface area (Å²) in [6.07, 6.45) is 10.2. The Morgan fingerprint density at radius 2 is 2.00 bits per heavy atom. The van der Waals surface area contributed by atoms with Crippen molar-refractivity contribution in [2.75, 3.05) is 6.26 Å². The van der Waals surface area contributed by atoms with Crippen molar-refractivity contribution in [1.29, 1.82) is 0 Å². The Kier molecular flexibility index (Phi) is 3.42. The van der Waals surface area contributed by atoms with E-state index in [1.54, 1.807) is 0 Å². The van der Waals surface area contributed by atoms with E-state index < -0.39 is 0 Å². The van der Waals surface area contributed by atoms with Crippen molar-refractivity contribution in [3.63, 3.8) is 0 Å². The van der Waals surface area contributed by atoms with Gasteiger partial charge in [-0.3, -0.25) is 0 Å². The van der Waals surface area contributed by atoms with Crippen LogP contribution in [0.4, 0.5) is 0 Å². The minimum atomic E-state index is -0.180. The lowest BCUT2D eigenvalue weighted by molar-refractivity contribution is 0.0878. The van der Waals surface area contributed by atoms with Crippen LogP contribution in [0.2, 0.25) is 0 Å². The average Bonchev–Trinajstić information content (AvgIpc) is 2.75. The summed E-state index contributed by atoms with van der Waals surface area (Å²) in [4.78, 5) is 0. The second kappa shape index (κ2) is 4.90. The monoisotopic (exact) mass is 262 g/mol. The second-order valence-electron chi connectivity index (χ2n) is 5.80. The van der Waals surface area contributed by atoms with E-state index in [1.807, 2.05) is 11.8 Å². The van der Waals surface area contributed by atoms with Gasteiger partial charge in [0.05, 0.1) is 6.10 Å². The fraction of sp³-hybridized carbons (Fsp3) is 0.625. The number of hydrogen-bond acceptors (Lipinski definition) is 2. The normalized spacial score (nSPS) is 22.3. The van der Waals surface area contributed by atoms with Gasteiger partial charge in [-0.2, -0.15) is 11.8 Å². The van der Waals surface area contributed by atoms with Crippen molar-refractivity contribution in [3.05, 3.63) is 34.9 Å². The van der Waals surface area contributed by atoms with Crippen molar-refractivity contribution in [2.24, 2.45) is 0 Å². The Labute approximate surface area is 114 Å². The van der Waals surface area contributed by atoms with Crippen LogP contribution in [0.3, 0.4) is 0 Å². The van der Waals surface area contributed by atoms with E-state index in [1.165, 1.54) is 55.2 Å². The van der Waals surface area contributed by atoms with Crippen LogP contribution in [-0.4, -0.2) is 22.2 Å². The maximum Gasteiger partial charge on any atom is 0.0726 e. The third-order valence-electron chi connectivity index (χ3n) is 4.81. The summed E-state index contributed by atoms with van der Waals surface area (Å²) in [5, 5.41) is 10.5. The standard InChI is InChI=1S/C16H22OS/c1-18-16(8-3-9-16)15(17)11-12-6-7-13-4-2-5-14(13)10-12/h6-7,10,15,17H,2-5,8-9,11H2,1H3. The molecular weight excluding hydrogens is 240 g/mol. The van der Waals surface area contributed by atoms with E-state index in [0.717, 1.165) is 6.42 Å². The summed E-state index contributed by atoms with van der Waals surface area (Å²) >= 11 is 1.86. The summed E-state index contributed by atoms with van der Waals surface area (Å²) < 4.78 is 0.152. The van der Waals surface area contributed by atoms with Crippen LogP contribution < -0.4 is 0 Å². The van der Waals surface area contributed by atoms with Crippen molar-refractivity contribution in [1.82, 2.24) is 0 Å². The molecule has 0 aliphatic heterocycles. The molecule has 3 rings (SSSR count). The Hall–Kier alpha value is -0.470. The molecule has 0 bridgehead atoms. The molecule has 1 atom stereocenters. The number of benzene rings is 1. The predicted molar refractivity (Wildman–Crippen MR) is 78.3 cm³/mol. The summed E-state index contributed by atoms with van der Waals surface area (Å²) in [6.45, 7) is 0. The van der Waals surface area contributed by atoms with Gasteiger partial charge in [0, 0.05) is 4.75 Å². The molecule has 1 aromatic rings. The molecule has 0 aromatic heterocycles. The average molecular weight is 262 g/mol. The minimum Gasteiger partial charge on any atom is -0.391 e. The molecule has 1 saturated carbocycles. The zero-order valence-electron chi connectivity index (χ0n) is 11.1. The van der Waals surface area contributed by atoms with Crippen LogP contribution in [0.1, 0.15) is 42.4 Å². The van der Waals surface area contributed by atoms with Gasteiger partial charge in [0.2, 0.25) is 0 Å². The van der Waals surface area contributed by atoms with E-state index in [2.05, 4.69) is 24.5 Å². The second-order valence-corrected chi connectivity index (χ2v) is 7.02. The first-order chi connectivity index (χ1) is 8.73. The molecule has 2 aliphatic carbocycles. The Morgan fingerprint density at radius 1 is 1.22 bits per heavy atom. The van der Waals surface area contributed by atoms with Crippen LogP contribution in [0.15, 0.2) is 18.2 Å². The Morgan fingerprint density at radius 3 is 2.67 bits per heavy atom. The van der Waals surface area contributed by atoms with Gasteiger partial charge in [0.15, 0.2) is 0 Å². The van der Waals surface area contributed by atoms with Crippen molar-refractivity contribution >= 4 is 11.8 Å². The maximum atomic E-state index is 10.5. The van der Waals surface area contributed by atoms with E-state index in [0.29, 0.717) is 0 Å². The van der Waals surface area contributed by atoms with E-state index >= 15 is 0 Å². The molecule has 2 heteroatoms. The van der Waals surface area contributed by atoms with Gasteiger partial charge < -0.3 is 5.11 Å². The van der Waals surface area contributed by atoms with E-state index in [-0.39, 0.29) is 10.9 Å². The third-order valence-corrected chi connectivity index (χ3v) is 6.30. The first kappa shape index (κ1) is 12.6. The van der Waals surface area contributed by atoms with Crippen LogP contribution in [0, 0.1) is 0 Å². The Balaban J connectivity index is 1.72. The number of aliphatic hydroxyl groups excluding tert-OH is 1. The molecule has 0 radical (unpaired) electrons. The first-order valence-electron chi connectivity index (χ1n) is 7.07. The topological polar surface area (TPSA) is 20.2 Å². The number of fused-ring (bicyclic) bond motifs is 1. The van der Waals surface area contributed by atoms with Gasteiger partial charge in [0.25, 0.3) is 0 Å². The number of aliphatic hydroxyl groups is 1. The molecule has 1 N–H and O–H groups in total. The molecule has 0 saturated heterocycles. The van der Waals surface area contributed by atoms with E-state index in [9.17, 15) is 5.11 Å². The van der Waals surface area contributed by atoms with Crippen LogP contribution in [-0.2, 0) is 19.3 Å². The molecule has 1 fully saturated rings. The number of aryl methyl sites for hydroxylation is 2. The lowest BCUT2D eigenvalue weighted by atomic mass is 9.78. The van der Waals surface area contributed by atoms with Crippen molar-refractivity contribution < 1.29 is 5.11 Å². The molecular formula is C16H22OS. The quantitative estimate of drug-likeness (QED) is 0.898. The highest BCUT2D eigenvalue weighted by Crippen LogP contribution is 2.46. The molecule has 0 spiro atoms. The van der Waals surface area contributed by atoms with Gasteiger partial charge in [0.1, 0.15) is 0 Å². The van der Waals surface area contributed by atoms with Gasteiger partial charge in [-0.15, -0.1) is 0 Å². The smallest absolute Gasteiger partial charge is 0.0726 e. The third kappa shape index (κ3) is 2.10. The lowest BCUT2D eigenvalue weighted by Crippen LogP contribution is -2.46. The van der Waals surface area contributed by atoms with Crippen molar-refractivity contribution in [2.45, 2.75) is 55.8 Å². The molecule has 2 aliphatic rings. The largest absolute Gasteiger partial charge is 0.391 e. The summed E-state index contributed by atoms with van der Waals surface area (Å²) in [7, 11) is 0. The SMILES string of the molecule is CSC1(C(O)Cc2ccc3c(c2)CCC3)CCC1. The zero-order valence-corrected chi connectivity index (χ0v) is 11.9. The number of rotatable bonds is 4. The molecule has 1 aromatic carbocycles. The van der Waals surface area contributed by atoms with Crippen LogP contribution in [0.5, 0.6) is 0 Å². The molecule has 1 unspecified atom stereocenters. The highest BCUT2D eigenvalue weighted by molar-refractivity contribution is 8.00. The number of thioether (sulfide) groups is 1. The first-order valence-corrected chi connectivity index (χ1v) is 8.30. The highest BCUT2D eigenvalue weighted by Gasteiger charge is 2.42. The zero-order chi connectivity index (χ0) is 12.6. The maximum absolute atomic E-state index is 10.5. The highest BCUT2D eigenvalue weighted by atomic mass is 32.2. The fourth-order valence-corrected chi connectivity index (χ4v) is 4.41. The van der Waals surface area contributed by atoms with Crippen molar-refractivity contribution in [3.8, 4) is 0 Å². The minimum absolute atomic E-state index is 0.152. The van der Waals surface area contributed by atoms with Gasteiger partial charge in [-0.25, -0.2) is 0 Å². The van der Waals surface area contributed by atoms with Crippen LogP contribution in [0.25, 0.3) is 0 Å². The lowest BCUT2D eigenvalue weighted by Gasteiger charge is -2.44.